The Morgan fingerprint density at radius 2 is 1.82 bits per heavy atom. The van der Waals surface area contributed by atoms with Gasteiger partial charge in [-0.1, -0.05) is 32.0 Å². The zero-order chi connectivity index (χ0) is 23.5. The first-order chi connectivity index (χ1) is 15.9. The van der Waals surface area contributed by atoms with Crippen LogP contribution in [0.5, 0.6) is 5.75 Å². The molecule has 172 valence electrons. The van der Waals surface area contributed by atoms with Crippen LogP contribution in [-0.2, 0) is 17.8 Å². The van der Waals surface area contributed by atoms with E-state index in [0.717, 1.165) is 47.7 Å². The van der Waals surface area contributed by atoms with Crippen molar-refractivity contribution in [1.29, 1.82) is 0 Å². The second-order valence-electron chi connectivity index (χ2n) is 8.92. The number of carbonyl (C=O) groups is 1. The molecule has 1 atom stereocenters. The van der Waals surface area contributed by atoms with Gasteiger partial charge in [-0.25, -0.2) is 8.78 Å². The molecule has 0 aromatic heterocycles. The molecule has 0 bridgehead atoms. The molecule has 33 heavy (non-hydrogen) atoms. The molecule has 0 aliphatic heterocycles. The van der Waals surface area contributed by atoms with Gasteiger partial charge in [-0.15, -0.1) is 0 Å². The lowest BCUT2D eigenvalue weighted by Crippen LogP contribution is -2.36. The van der Waals surface area contributed by atoms with E-state index in [1.807, 2.05) is 42.5 Å². The molecule has 0 N–H and O–H groups in total. The van der Waals surface area contributed by atoms with E-state index in [0.29, 0.717) is 23.8 Å². The molecule has 3 nitrogen and oxygen atoms in total. The summed E-state index contributed by atoms with van der Waals surface area (Å²) in [6.07, 6.45) is 2.50. The molecule has 0 fully saturated rings. The third-order valence-corrected chi connectivity index (χ3v) is 6.44. The van der Waals surface area contributed by atoms with E-state index in [1.165, 1.54) is 0 Å². The lowest BCUT2D eigenvalue weighted by molar-refractivity contribution is -0.120. The number of nitrogens with zero attached hydrogens (tertiary/aromatic N) is 1. The monoisotopic (exact) mass is 449 g/mol. The summed E-state index contributed by atoms with van der Waals surface area (Å²) in [4.78, 5) is 15.5. The number of carbonyl (C=O) groups excluding carboxylic acids is 1. The second kappa shape index (κ2) is 9.74. The number of fused-ring (bicyclic) bond motifs is 1. The van der Waals surface area contributed by atoms with E-state index in [4.69, 9.17) is 4.74 Å². The standard InChI is InChI=1S/C28H29F2NO2/c1-18(2)19-7-11-23(12-8-19)31(17-21-15-22(29)10-14-27(21)30)28(32)25-6-4-5-20-9-13-24(33-3)16-26(20)25/h7-16,18,25H,4-6,17H2,1-3H3. The first-order valence-electron chi connectivity index (χ1n) is 11.4. The van der Waals surface area contributed by atoms with Crippen molar-refractivity contribution in [1.82, 2.24) is 0 Å². The van der Waals surface area contributed by atoms with Gasteiger partial charge < -0.3 is 9.64 Å². The first-order valence-corrected chi connectivity index (χ1v) is 11.4. The highest BCUT2D eigenvalue weighted by atomic mass is 19.1. The van der Waals surface area contributed by atoms with Gasteiger partial charge in [0.15, 0.2) is 0 Å². The van der Waals surface area contributed by atoms with Crippen LogP contribution in [0.4, 0.5) is 14.5 Å². The summed E-state index contributed by atoms with van der Waals surface area (Å²) in [7, 11) is 1.61. The highest BCUT2D eigenvalue weighted by molar-refractivity contribution is 5.98. The highest BCUT2D eigenvalue weighted by Crippen LogP contribution is 2.37. The Morgan fingerprint density at radius 1 is 1.06 bits per heavy atom. The number of methoxy groups -OCH3 is 1. The Labute approximate surface area is 194 Å². The number of benzene rings is 3. The van der Waals surface area contributed by atoms with Gasteiger partial charge in [0.25, 0.3) is 0 Å². The van der Waals surface area contributed by atoms with E-state index in [-0.39, 0.29) is 23.9 Å². The lowest BCUT2D eigenvalue weighted by atomic mass is 9.81. The van der Waals surface area contributed by atoms with Crippen molar-refractivity contribution in [3.8, 4) is 5.75 Å². The van der Waals surface area contributed by atoms with Crippen molar-refractivity contribution >= 4 is 11.6 Å². The van der Waals surface area contributed by atoms with Crippen LogP contribution < -0.4 is 9.64 Å². The average Bonchev–Trinajstić information content (AvgIpc) is 2.83. The summed E-state index contributed by atoms with van der Waals surface area (Å²) in [5.74, 6) is -0.491. The molecule has 0 heterocycles. The van der Waals surface area contributed by atoms with E-state index in [1.54, 1.807) is 12.0 Å². The van der Waals surface area contributed by atoms with Gasteiger partial charge in [-0.3, -0.25) is 4.79 Å². The second-order valence-corrected chi connectivity index (χ2v) is 8.92. The van der Waals surface area contributed by atoms with E-state index in [9.17, 15) is 13.6 Å². The van der Waals surface area contributed by atoms with Crippen LogP contribution in [0, 0.1) is 11.6 Å². The Balaban J connectivity index is 1.75. The van der Waals surface area contributed by atoms with Crippen LogP contribution in [0.25, 0.3) is 0 Å². The number of aryl methyl sites for hydroxylation is 1. The number of hydrogen-bond acceptors (Lipinski definition) is 2. The van der Waals surface area contributed by atoms with Crippen molar-refractivity contribution in [2.75, 3.05) is 12.0 Å². The molecule has 1 unspecified atom stereocenters. The summed E-state index contributed by atoms with van der Waals surface area (Å²) >= 11 is 0. The zero-order valence-corrected chi connectivity index (χ0v) is 19.3. The van der Waals surface area contributed by atoms with Gasteiger partial charge in [0.1, 0.15) is 17.4 Å². The SMILES string of the molecule is COc1ccc2c(c1)C(C(=O)N(Cc1cc(F)ccc1F)c1ccc(C(C)C)cc1)CCC2. The van der Waals surface area contributed by atoms with Crippen LogP contribution in [-0.4, -0.2) is 13.0 Å². The van der Waals surface area contributed by atoms with Crippen LogP contribution in [0.15, 0.2) is 60.7 Å². The van der Waals surface area contributed by atoms with E-state index >= 15 is 0 Å². The van der Waals surface area contributed by atoms with Gasteiger partial charge in [-0.05, 0) is 84.3 Å². The Morgan fingerprint density at radius 3 is 2.52 bits per heavy atom. The van der Waals surface area contributed by atoms with Crippen molar-refractivity contribution in [2.45, 2.75) is 51.5 Å². The largest absolute Gasteiger partial charge is 0.497 e. The number of rotatable bonds is 6. The molecule has 0 spiro atoms. The van der Waals surface area contributed by atoms with Gasteiger partial charge in [0.2, 0.25) is 5.91 Å². The molecule has 1 amide bonds. The molecule has 1 aliphatic rings. The normalized spacial score (nSPS) is 15.3. The molecule has 0 radical (unpaired) electrons. The van der Waals surface area contributed by atoms with Crippen LogP contribution in [0.3, 0.4) is 0 Å². The minimum absolute atomic E-state index is 0.0424. The fraction of sp³-hybridized carbons (Fsp3) is 0.321. The van der Waals surface area contributed by atoms with Gasteiger partial charge in [0.05, 0.1) is 19.6 Å². The Kier molecular flexibility index (Phi) is 6.77. The van der Waals surface area contributed by atoms with Crippen LogP contribution >= 0.6 is 0 Å². The van der Waals surface area contributed by atoms with Crippen molar-refractivity contribution in [3.63, 3.8) is 0 Å². The number of anilines is 1. The maximum absolute atomic E-state index is 14.5. The third-order valence-electron chi connectivity index (χ3n) is 6.44. The van der Waals surface area contributed by atoms with Crippen LogP contribution in [0.2, 0.25) is 0 Å². The first kappa shape index (κ1) is 23.0. The highest BCUT2D eigenvalue weighted by Gasteiger charge is 2.32. The predicted octanol–water partition coefficient (Wildman–Crippen LogP) is 6.75. The Bertz CT molecular complexity index is 1140. The fourth-order valence-electron chi connectivity index (χ4n) is 4.52. The van der Waals surface area contributed by atoms with Gasteiger partial charge in [-0.2, -0.15) is 0 Å². The average molecular weight is 450 g/mol. The minimum atomic E-state index is -0.529. The lowest BCUT2D eigenvalue weighted by Gasteiger charge is -2.31. The zero-order valence-electron chi connectivity index (χ0n) is 19.3. The molecule has 5 heteroatoms. The third kappa shape index (κ3) is 4.92. The van der Waals surface area contributed by atoms with Crippen molar-refractivity contribution in [2.24, 2.45) is 0 Å². The number of halogens is 2. The van der Waals surface area contributed by atoms with Crippen molar-refractivity contribution in [3.05, 3.63) is 94.6 Å². The summed E-state index contributed by atoms with van der Waals surface area (Å²) in [5.41, 5.74) is 4.05. The summed E-state index contributed by atoms with van der Waals surface area (Å²) in [5, 5.41) is 0. The molecular weight excluding hydrogens is 420 g/mol. The van der Waals surface area contributed by atoms with E-state index < -0.39 is 11.6 Å². The molecule has 0 saturated heterocycles. The minimum Gasteiger partial charge on any atom is -0.497 e. The molecular formula is C28H29F2NO2. The van der Waals surface area contributed by atoms with E-state index in [2.05, 4.69) is 13.8 Å². The molecule has 3 aromatic carbocycles. The summed E-state index contributed by atoms with van der Waals surface area (Å²) < 4.78 is 33.8. The number of ether oxygens (including phenoxy) is 1. The van der Waals surface area contributed by atoms with Crippen LogP contribution in [0.1, 0.15) is 60.8 Å². The smallest absolute Gasteiger partial charge is 0.234 e. The Hall–Kier alpha value is -3.21. The number of amides is 1. The maximum Gasteiger partial charge on any atom is 0.234 e. The maximum atomic E-state index is 14.5. The topological polar surface area (TPSA) is 29.5 Å². The summed E-state index contributed by atoms with van der Waals surface area (Å²) in [6, 6.07) is 17.0. The summed E-state index contributed by atoms with van der Waals surface area (Å²) in [6.45, 7) is 4.16. The fourth-order valence-corrected chi connectivity index (χ4v) is 4.52. The predicted molar refractivity (Wildman–Crippen MR) is 127 cm³/mol. The molecule has 3 aromatic rings. The quantitative estimate of drug-likeness (QED) is 0.417. The number of hydrogen-bond donors (Lipinski definition) is 0. The molecule has 4 rings (SSSR count). The van der Waals surface area contributed by atoms with Crippen molar-refractivity contribution < 1.29 is 18.3 Å². The van der Waals surface area contributed by atoms with Gasteiger partial charge >= 0.3 is 0 Å². The molecule has 0 saturated carbocycles. The van der Waals surface area contributed by atoms with Gasteiger partial charge in [0, 0.05) is 11.3 Å². The molecule has 1 aliphatic carbocycles.